The topological polar surface area (TPSA) is 59.1 Å². The highest BCUT2D eigenvalue weighted by atomic mass is 35.5. The first-order valence-corrected chi connectivity index (χ1v) is 9.19. The van der Waals surface area contributed by atoms with Gasteiger partial charge in [-0.25, -0.2) is 0 Å². The molecule has 3 unspecified atom stereocenters. The number of benzene rings is 1. The van der Waals surface area contributed by atoms with E-state index in [0.717, 1.165) is 31.0 Å². The second-order valence-electron chi connectivity index (χ2n) is 6.35. The molecule has 3 atom stereocenters. The molecule has 130 valence electrons. The molecule has 1 aliphatic heterocycles. The average Bonchev–Trinajstić information content (AvgIpc) is 3.28. The van der Waals surface area contributed by atoms with E-state index in [4.69, 9.17) is 4.74 Å². The lowest BCUT2D eigenvalue weighted by Gasteiger charge is -2.33. The maximum atomic E-state index is 5.65. The molecule has 0 radical (unpaired) electrons. The Morgan fingerprint density at radius 1 is 1.21 bits per heavy atom. The van der Waals surface area contributed by atoms with Crippen molar-refractivity contribution in [3.05, 3.63) is 29.6 Å². The van der Waals surface area contributed by atoms with Crippen LogP contribution in [0.5, 0.6) is 0 Å². The van der Waals surface area contributed by atoms with Gasteiger partial charge in [-0.1, -0.05) is 23.0 Å². The second-order valence-corrected chi connectivity index (χ2v) is 6.96. The Balaban J connectivity index is 0.00000169. The van der Waals surface area contributed by atoms with Gasteiger partial charge in [0, 0.05) is 35.3 Å². The highest BCUT2D eigenvalue weighted by Crippen LogP contribution is 2.32. The standard InChI is InChI=1S/C17H22N4OS.ClH/c1-2-14(16-10-22-9-8-18-16)15(3-1)19-13-6-4-12(5-7-13)17-11-23-21-20-17;/h4-7,11,14-16,18-19H,1-3,8-10H2;1H. The van der Waals surface area contributed by atoms with Crippen LogP contribution in [-0.4, -0.2) is 41.4 Å². The molecule has 4 rings (SSSR count). The molecule has 1 aromatic heterocycles. The van der Waals surface area contributed by atoms with Crippen molar-refractivity contribution in [3.63, 3.8) is 0 Å². The Bertz CT molecular complexity index is 616. The van der Waals surface area contributed by atoms with Crippen molar-refractivity contribution in [2.45, 2.75) is 31.3 Å². The van der Waals surface area contributed by atoms with E-state index in [1.807, 2.05) is 5.38 Å². The summed E-state index contributed by atoms with van der Waals surface area (Å²) in [5.74, 6) is 0.651. The second kappa shape index (κ2) is 8.25. The molecule has 7 heteroatoms. The van der Waals surface area contributed by atoms with Crippen LogP contribution in [0.3, 0.4) is 0 Å². The van der Waals surface area contributed by atoms with Crippen LogP contribution in [-0.2, 0) is 4.74 Å². The van der Waals surface area contributed by atoms with Crippen LogP contribution in [0.15, 0.2) is 29.6 Å². The SMILES string of the molecule is Cl.c1cc(-c2csnn2)ccc1NC1CCCC1C1COCCN1. The van der Waals surface area contributed by atoms with Crippen molar-refractivity contribution in [3.8, 4) is 11.3 Å². The maximum absolute atomic E-state index is 5.65. The summed E-state index contributed by atoms with van der Waals surface area (Å²) in [6, 6.07) is 9.55. The molecule has 2 N–H and O–H groups in total. The molecule has 2 aromatic rings. The van der Waals surface area contributed by atoms with Gasteiger partial charge in [-0.15, -0.1) is 17.5 Å². The van der Waals surface area contributed by atoms with E-state index < -0.39 is 0 Å². The van der Waals surface area contributed by atoms with Crippen molar-refractivity contribution < 1.29 is 4.74 Å². The fourth-order valence-corrected chi connectivity index (χ4v) is 4.22. The van der Waals surface area contributed by atoms with Crippen LogP contribution >= 0.6 is 23.9 Å². The molecular formula is C17H23ClN4OS. The molecule has 2 aliphatic rings. The van der Waals surface area contributed by atoms with Gasteiger partial charge in [0.05, 0.1) is 13.2 Å². The van der Waals surface area contributed by atoms with E-state index in [-0.39, 0.29) is 12.4 Å². The fourth-order valence-electron chi connectivity index (χ4n) is 3.75. The van der Waals surface area contributed by atoms with Crippen LogP contribution in [0.1, 0.15) is 19.3 Å². The minimum atomic E-state index is 0. The minimum Gasteiger partial charge on any atom is -0.382 e. The van der Waals surface area contributed by atoms with Crippen LogP contribution in [0.4, 0.5) is 5.69 Å². The summed E-state index contributed by atoms with van der Waals surface area (Å²) in [6.45, 7) is 2.66. The third-order valence-corrected chi connectivity index (χ3v) is 5.43. The fraction of sp³-hybridized carbons (Fsp3) is 0.529. The van der Waals surface area contributed by atoms with Crippen molar-refractivity contribution in [1.82, 2.24) is 14.9 Å². The van der Waals surface area contributed by atoms with E-state index in [9.17, 15) is 0 Å². The largest absolute Gasteiger partial charge is 0.382 e. The maximum Gasteiger partial charge on any atom is 0.105 e. The lowest BCUT2D eigenvalue weighted by Crippen LogP contribution is -2.49. The predicted molar refractivity (Wildman–Crippen MR) is 100.0 cm³/mol. The zero-order valence-corrected chi connectivity index (χ0v) is 15.1. The molecule has 5 nitrogen and oxygen atoms in total. The van der Waals surface area contributed by atoms with Gasteiger partial charge in [-0.05, 0) is 42.4 Å². The Labute approximate surface area is 152 Å². The first-order valence-electron chi connectivity index (χ1n) is 8.35. The summed E-state index contributed by atoms with van der Waals surface area (Å²) in [4.78, 5) is 0. The number of nitrogens with one attached hydrogen (secondary N) is 2. The van der Waals surface area contributed by atoms with E-state index in [1.54, 1.807) is 0 Å². The Morgan fingerprint density at radius 2 is 2.08 bits per heavy atom. The Kier molecular flexibility index (Phi) is 6.05. The number of hydrogen-bond acceptors (Lipinski definition) is 6. The molecule has 1 aromatic carbocycles. The normalized spacial score (nSPS) is 26.8. The number of anilines is 1. The molecule has 0 spiro atoms. The van der Waals surface area contributed by atoms with Crippen molar-refractivity contribution in [2.75, 3.05) is 25.1 Å². The number of ether oxygens (including phenoxy) is 1. The quantitative estimate of drug-likeness (QED) is 0.870. The number of rotatable bonds is 4. The van der Waals surface area contributed by atoms with Gasteiger partial charge in [0.1, 0.15) is 5.69 Å². The van der Waals surface area contributed by atoms with E-state index >= 15 is 0 Å². The summed E-state index contributed by atoms with van der Waals surface area (Å²) in [6.07, 6.45) is 3.81. The van der Waals surface area contributed by atoms with Gasteiger partial charge >= 0.3 is 0 Å². The molecule has 0 amide bonds. The minimum absolute atomic E-state index is 0. The molecular weight excluding hydrogens is 344 g/mol. The molecule has 2 fully saturated rings. The monoisotopic (exact) mass is 366 g/mol. The van der Waals surface area contributed by atoms with E-state index in [2.05, 4.69) is 44.5 Å². The smallest absolute Gasteiger partial charge is 0.105 e. The average molecular weight is 367 g/mol. The van der Waals surface area contributed by atoms with Gasteiger partial charge in [0.2, 0.25) is 0 Å². The van der Waals surface area contributed by atoms with Crippen LogP contribution < -0.4 is 10.6 Å². The van der Waals surface area contributed by atoms with Gasteiger partial charge in [0.25, 0.3) is 0 Å². The molecule has 0 bridgehead atoms. The number of aromatic nitrogens is 2. The van der Waals surface area contributed by atoms with Crippen molar-refractivity contribution in [2.24, 2.45) is 5.92 Å². The van der Waals surface area contributed by atoms with Gasteiger partial charge in [-0.3, -0.25) is 0 Å². The van der Waals surface area contributed by atoms with Crippen LogP contribution in [0, 0.1) is 5.92 Å². The molecule has 1 saturated carbocycles. The summed E-state index contributed by atoms with van der Waals surface area (Å²) >= 11 is 1.39. The van der Waals surface area contributed by atoms with Crippen molar-refractivity contribution >= 4 is 29.6 Å². The summed E-state index contributed by atoms with van der Waals surface area (Å²) in [5.41, 5.74) is 3.25. The Hall–Kier alpha value is -1.21. The van der Waals surface area contributed by atoms with E-state index in [0.29, 0.717) is 18.0 Å². The lowest BCUT2D eigenvalue weighted by atomic mass is 9.93. The zero-order chi connectivity index (χ0) is 15.5. The van der Waals surface area contributed by atoms with Gasteiger partial charge < -0.3 is 15.4 Å². The summed E-state index contributed by atoms with van der Waals surface area (Å²) in [5, 5.41) is 13.5. The first-order chi connectivity index (χ1) is 11.4. The lowest BCUT2D eigenvalue weighted by molar-refractivity contribution is 0.0559. The van der Waals surface area contributed by atoms with E-state index in [1.165, 1.54) is 36.5 Å². The summed E-state index contributed by atoms with van der Waals surface area (Å²) in [7, 11) is 0. The molecule has 2 heterocycles. The van der Waals surface area contributed by atoms with Crippen molar-refractivity contribution in [1.29, 1.82) is 0 Å². The highest BCUT2D eigenvalue weighted by molar-refractivity contribution is 7.03. The first kappa shape index (κ1) is 17.6. The number of morpholine rings is 1. The zero-order valence-electron chi connectivity index (χ0n) is 13.5. The third kappa shape index (κ3) is 3.88. The summed E-state index contributed by atoms with van der Waals surface area (Å²) < 4.78 is 9.57. The van der Waals surface area contributed by atoms with Crippen LogP contribution in [0.2, 0.25) is 0 Å². The third-order valence-electron chi connectivity index (χ3n) is 4.93. The van der Waals surface area contributed by atoms with Crippen LogP contribution in [0.25, 0.3) is 11.3 Å². The highest BCUT2D eigenvalue weighted by Gasteiger charge is 2.34. The molecule has 24 heavy (non-hydrogen) atoms. The van der Waals surface area contributed by atoms with Gasteiger partial charge in [0.15, 0.2) is 0 Å². The number of nitrogens with zero attached hydrogens (tertiary/aromatic N) is 2. The number of hydrogen-bond donors (Lipinski definition) is 2. The predicted octanol–water partition coefficient (Wildman–Crippen LogP) is 3.20. The molecule has 1 saturated heterocycles. The Morgan fingerprint density at radius 3 is 2.79 bits per heavy atom. The van der Waals surface area contributed by atoms with Gasteiger partial charge in [-0.2, -0.15) is 0 Å². The molecule has 1 aliphatic carbocycles. The number of halogens is 1.